The molecule has 0 amide bonds. The normalized spacial score (nSPS) is 13.0. The average molecular weight is 299 g/mol. The van der Waals surface area contributed by atoms with Gasteiger partial charge >= 0.3 is 0 Å². The second-order valence-electron chi connectivity index (χ2n) is 4.69. The zero-order valence-electron chi connectivity index (χ0n) is 11.4. The van der Waals surface area contributed by atoms with E-state index in [-0.39, 0.29) is 0 Å². The maximum atomic E-state index is 11.2. The molecule has 3 nitrogen and oxygen atoms in total. The van der Waals surface area contributed by atoms with Crippen molar-refractivity contribution >= 4 is 33.4 Å². The molecule has 0 aliphatic heterocycles. The number of halogens is 1. The van der Waals surface area contributed by atoms with Gasteiger partial charge in [0.15, 0.2) is 0 Å². The van der Waals surface area contributed by atoms with Crippen molar-refractivity contribution in [1.29, 1.82) is 0 Å². The van der Waals surface area contributed by atoms with E-state index in [1.54, 1.807) is 6.26 Å². The third-order valence-corrected chi connectivity index (χ3v) is 4.23. The van der Waals surface area contributed by atoms with Gasteiger partial charge in [0.1, 0.15) is 5.82 Å². The lowest BCUT2D eigenvalue weighted by atomic mass is 10.2. The van der Waals surface area contributed by atoms with Crippen molar-refractivity contribution in [2.45, 2.75) is 26.3 Å². The number of imidazole rings is 1. The molecule has 19 heavy (non-hydrogen) atoms. The van der Waals surface area contributed by atoms with Crippen LogP contribution >= 0.6 is 11.6 Å². The summed E-state index contributed by atoms with van der Waals surface area (Å²) in [7, 11) is -0.736. The molecule has 1 atom stereocenters. The molecule has 0 aliphatic carbocycles. The zero-order chi connectivity index (χ0) is 13.8. The minimum Gasteiger partial charge on any atom is -0.328 e. The Morgan fingerprint density at radius 3 is 2.89 bits per heavy atom. The molecule has 2 rings (SSSR count). The standard InChI is InChI=1S/C14H19ClN2OS/c1-11-5-3-6-12-14(11)17(9-4-10-19(2)18)13(16-12)7-8-15/h3,5-6H,4,7-10H2,1-2H3. The Bertz CT molecular complexity index is 594. The van der Waals surface area contributed by atoms with Crippen molar-refractivity contribution in [1.82, 2.24) is 9.55 Å². The molecule has 0 radical (unpaired) electrons. The number of benzene rings is 1. The van der Waals surface area contributed by atoms with Crippen LogP contribution in [0.5, 0.6) is 0 Å². The van der Waals surface area contributed by atoms with Crippen LogP contribution in [0, 0.1) is 6.92 Å². The fraction of sp³-hybridized carbons (Fsp3) is 0.500. The van der Waals surface area contributed by atoms with Gasteiger partial charge in [-0.25, -0.2) is 4.98 Å². The third-order valence-electron chi connectivity index (χ3n) is 3.18. The van der Waals surface area contributed by atoms with E-state index >= 15 is 0 Å². The summed E-state index contributed by atoms with van der Waals surface area (Å²) in [6.45, 7) is 2.95. The molecule has 0 saturated carbocycles. The molecule has 1 heterocycles. The van der Waals surface area contributed by atoms with Gasteiger partial charge in [0.2, 0.25) is 0 Å². The molecule has 5 heteroatoms. The Labute approximate surface area is 121 Å². The van der Waals surface area contributed by atoms with E-state index in [0.29, 0.717) is 5.88 Å². The Kier molecular flexibility index (Phi) is 4.99. The number of nitrogens with zero attached hydrogens (tertiary/aromatic N) is 2. The van der Waals surface area contributed by atoms with Crippen LogP contribution in [0.1, 0.15) is 17.8 Å². The van der Waals surface area contributed by atoms with Crippen molar-refractivity contribution in [2.24, 2.45) is 0 Å². The molecular formula is C14H19ClN2OS. The summed E-state index contributed by atoms with van der Waals surface area (Å²) in [4.78, 5) is 4.66. The highest BCUT2D eigenvalue weighted by molar-refractivity contribution is 7.84. The minimum atomic E-state index is -0.736. The van der Waals surface area contributed by atoms with Crippen LogP contribution in [0.25, 0.3) is 11.0 Å². The lowest BCUT2D eigenvalue weighted by molar-refractivity contribution is 0.649. The molecule has 1 unspecified atom stereocenters. The summed E-state index contributed by atoms with van der Waals surface area (Å²) in [5.41, 5.74) is 3.44. The molecule has 1 aromatic carbocycles. The summed E-state index contributed by atoms with van der Waals surface area (Å²) < 4.78 is 13.4. The van der Waals surface area contributed by atoms with E-state index in [1.165, 1.54) is 11.1 Å². The summed E-state index contributed by atoms with van der Waals surface area (Å²) in [5.74, 6) is 2.33. The molecule has 0 aliphatic rings. The van der Waals surface area contributed by atoms with Gasteiger partial charge in [0.25, 0.3) is 0 Å². The lowest BCUT2D eigenvalue weighted by Crippen LogP contribution is -2.08. The highest BCUT2D eigenvalue weighted by atomic mass is 35.5. The predicted octanol–water partition coefficient (Wildman–Crippen LogP) is 2.89. The molecule has 1 aromatic heterocycles. The van der Waals surface area contributed by atoms with Gasteiger partial charge in [-0.2, -0.15) is 0 Å². The largest absolute Gasteiger partial charge is 0.328 e. The van der Waals surface area contributed by atoms with Crippen LogP contribution < -0.4 is 0 Å². The van der Waals surface area contributed by atoms with Crippen LogP contribution in [0.2, 0.25) is 0 Å². The van der Waals surface area contributed by atoms with E-state index in [9.17, 15) is 4.21 Å². The first kappa shape index (κ1) is 14.5. The van der Waals surface area contributed by atoms with E-state index in [1.807, 2.05) is 12.1 Å². The average Bonchev–Trinajstić information content (AvgIpc) is 2.69. The first-order chi connectivity index (χ1) is 9.13. The maximum absolute atomic E-state index is 11.2. The van der Waals surface area contributed by atoms with Crippen molar-refractivity contribution in [3.05, 3.63) is 29.6 Å². The summed E-state index contributed by atoms with van der Waals surface area (Å²) in [6, 6.07) is 6.16. The molecule has 0 saturated heterocycles. The van der Waals surface area contributed by atoms with Gasteiger partial charge in [0.05, 0.1) is 11.0 Å². The molecule has 0 spiro atoms. The monoisotopic (exact) mass is 298 g/mol. The number of rotatable bonds is 6. The van der Waals surface area contributed by atoms with Gasteiger partial charge in [-0.05, 0) is 25.0 Å². The first-order valence-electron chi connectivity index (χ1n) is 6.44. The van der Waals surface area contributed by atoms with E-state index in [4.69, 9.17) is 11.6 Å². The molecule has 104 valence electrons. The van der Waals surface area contributed by atoms with Crippen molar-refractivity contribution in [2.75, 3.05) is 17.9 Å². The Morgan fingerprint density at radius 1 is 1.42 bits per heavy atom. The fourth-order valence-electron chi connectivity index (χ4n) is 2.36. The maximum Gasteiger partial charge on any atom is 0.111 e. The molecule has 0 bridgehead atoms. The molecule has 0 fully saturated rings. The minimum absolute atomic E-state index is 0.572. The van der Waals surface area contributed by atoms with E-state index in [0.717, 1.165) is 36.5 Å². The Hall–Kier alpha value is -0.870. The fourth-order valence-corrected chi connectivity index (χ4v) is 3.06. The Balaban J connectivity index is 2.36. The predicted molar refractivity (Wildman–Crippen MR) is 82.4 cm³/mol. The van der Waals surface area contributed by atoms with Crippen LogP contribution in [-0.4, -0.2) is 31.6 Å². The number of fused-ring (bicyclic) bond motifs is 1. The van der Waals surface area contributed by atoms with E-state index < -0.39 is 10.8 Å². The van der Waals surface area contributed by atoms with Gasteiger partial charge < -0.3 is 4.57 Å². The zero-order valence-corrected chi connectivity index (χ0v) is 12.9. The number of hydrogen-bond donors (Lipinski definition) is 0. The summed E-state index contributed by atoms with van der Waals surface area (Å²) in [5, 5.41) is 0. The molecule has 2 aromatic rings. The summed E-state index contributed by atoms with van der Waals surface area (Å²) in [6.07, 6.45) is 3.42. The third kappa shape index (κ3) is 3.37. The van der Waals surface area contributed by atoms with Gasteiger partial charge in [-0.1, -0.05) is 12.1 Å². The van der Waals surface area contributed by atoms with Crippen LogP contribution in [0.4, 0.5) is 0 Å². The number of aryl methyl sites for hydroxylation is 3. The number of hydrogen-bond acceptors (Lipinski definition) is 2. The van der Waals surface area contributed by atoms with Gasteiger partial charge in [-0.3, -0.25) is 4.21 Å². The second kappa shape index (κ2) is 6.53. The number of para-hydroxylation sites is 1. The highest BCUT2D eigenvalue weighted by Gasteiger charge is 2.11. The smallest absolute Gasteiger partial charge is 0.111 e. The van der Waals surface area contributed by atoms with Crippen LogP contribution in [0.15, 0.2) is 18.2 Å². The SMILES string of the molecule is Cc1cccc2nc(CCCl)n(CCCS(C)=O)c12. The van der Waals surface area contributed by atoms with Gasteiger partial charge in [-0.15, -0.1) is 11.6 Å². The molecule has 0 N–H and O–H groups in total. The van der Waals surface area contributed by atoms with Gasteiger partial charge in [0, 0.05) is 41.7 Å². The quantitative estimate of drug-likeness (QED) is 0.769. The second-order valence-corrected chi connectivity index (χ2v) is 6.62. The van der Waals surface area contributed by atoms with Crippen LogP contribution in [-0.2, 0) is 23.8 Å². The first-order valence-corrected chi connectivity index (χ1v) is 8.70. The summed E-state index contributed by atoms with van der Waals surface area (Å²) >= 11 is 5.86. The van der Waals surface area contributed by atoms with Crippen molar-refractivity contribution < 1.29 is 4.21 Å². The molecular weight excluding hydrogens is 280 g/mol. The van der Waals surface area contributed by atoms with E-state index in [2.05, 4.69) is 22.5 Å². The Morgan fingerprint density at radius 2 is 2.21 bits per heavy atom. The topological polar surface area (TPSA) is 34.9 Å². The van der Waals surface area contributed by atoms with Crippen molar-refractivity contribution in [3.8, 4) is 0 Å². The number of aromatic nitrogens is 2. The lowest BCUT2D eigenvalue weighted by Gasteiger charge is -2.09. The van der Waals surface area contributed by atoms with Crippen molar-refractivity contribution in [3.63, 3.8) is 0 Å². The highest BCUT2D eigenvalue weighted by Crippen LogP contribution is 2.21. The number of alkyl halides is 1. The van der Waals surface area contributed by atoms with Crippen LogP contribution in [0.3, 0.4) is 0 Å².